The monoisotopic (exact) mass is 164 g/mol. The van der Waals surface area contributed by atoms with Crippen molar-refractivity contribution >= 4 is 5.70 Å². The molecule has 1 rings (SSSR count). The molecule has 0 atom stereocenters. The van der Waals surface area contributed by atoms with E-state index < -0.39 is 0 Å². The van der Waals surface area contributed by atoms with Crippen molar-refractivity contribution in [3.05, 3.63) is 24.3 Å². The summed E-state index contributed by atoms with van der Waals surface area (Å²) in [5.74, 6) is 1.04. The zero-order valence-electron chi connectivity index (χ0n) is 8.09. The lowest BCUT2D eigenvalue weighted by Crippen LogP contribution is -2.01. The molecule has 0 aliphatic carbocycles. The molecular weight excluding hydrogens is 148 g/mol. The van der Waals surface area contributed by atoms with Crippen molar-refractivity contribution in [2.24, 2.45) is 0 Å². The Morgan fingerprint density at radius 3 is 2.75 bits per heavy atom. The van der Waals surface area contributed by atoms with Crippen LogP contribution in [0.25, 0.3) is 5.70 Å². The molecule has 0 aromatic carbocycles. The molecular formula is C10H16N2. The van der Waals surface area contributed by atoms with Crippen molar-refractivity contribution in [2.45, 2.75) is 33.6 Å². The number of imidazole rings is 1. The highest BCUT2D eigenvalue weighted by atomic mass is 15.1. The molecule has 0 bridgehead atoms. The summed E-state index contributed by atoms with van der Waals surface area (Å²) in [6.07, 6.45) is 3.92. The summed E-state index contributed by atoms with van der Waals surface area (Å²) in [5, 5.41) is 0. The first-order valence-electron chi connectivity index (χ1n) is 4.42. The standard InChI is InChI=1S/C10H16N2/c1-5-8(3)12-9(4)11-7-10(12)6-2/h7H,3,5-6H2,1-2,4H3. The van der Waals surface area contributed by atoms with Gasteiger partial charge in [0, 0.05) is 17.6 Å². The molecule has 0 fully saturated rings. The van der Waals surface area contributed by atoms with Gasteiger partial charge in [-0.2, -0.15) is 0 Å². The topological polar surface area (TPSA) is 17.8 Å². The summed E-state index contributed by atoms with van der Waals surface area (Å²) < 4.78 is 2.14. The Hall–Kier alpha value is -1.05. The molecule has 0 unspecified atom stereocenters. The maximum absolute atomic E-state index is 4.26. The van der Waals surface area contributed by atoms with Gasteiger partial charge in [0.15, 0.2) is 0 Å². The summed E-state index contributed by atoms with van der Waals surface area (Å²) in [5.41, 5.74) is 2.38. The second-order valence-electron chi connectivity index (χ2n) is 2.91. The first-order valence-corrected chi connectivity index (χ1v) is 4.42. The van der Waals surface area contributed by atoms with Crippen LogP contribution in [0.1, 0.15) is 31.8 Å². The summed E-state index contributed by atoms with van der Waals surface area (Å²) in [6.45, 7) is 10.3. The maximum atomic E-state index is 4.26. The van der Waals surface area contributed by atoms with E-state index in [2.05, 4.69) is 30.0 Å². The van der Waals surface area contributed by atoms with Crippen LogP contribution in [0.5, 0.6) is 0 Å². The van der Waals surface area contributed by atoms with Crippen molar-refractivity contribution < 1.29 is 0 Å². The second kappa shape index (κ2) is 3.57. The molecule has 12 heavy (non-hydrogen) atoms. The van der Waals surface area contributed by atoms with Crippen molar-refractivity contribution in [1.82, 2.24) is 9.55 Å². The molecule has 1 heterocycles. The van der Waals surface area contributed by atoms with Crippen LogP contribution in [0.4, 0.5) is 0 Å². The normalized spacial score (nSPS) is 10.2. The van der Waals surface area contributed by atoms with Gasteiger partial charge in [-0.05, 0) is 19.8 Å². The highest BCUT2D eigenvalue weighted by molar-refractivity contribution is 5.43. The fraction of sp³-hybridized carbons (Fsp3) is 0.500. The minimum atomic E-state index is 0.976. The third-order valence-electron chi connectivity index (χ3n) is 2.10. The minimum Gasteiger partial charge on any atom is -0.305 e. The Kier molecular flexibility index (Phi) is 2.69. The molecule has 0 spiro atoms. The van der Waals surface area contributed by atoms with Gasteiger partial charge in [0.1, 0.15) is 5.82 Å². The van der Waals surface area contributed by atoms with Crippen molar-refractivity contribution in [3.8, 4) is 0 Å². The van der Waals surface area contributed by atoms with Crippen LogP contribution < -0.4 is 0 Å². The van der Waals surface area contributed by atoms with Gasteiger partial charge < -0.3 is 4.57 Å². The second-order valence-corrected chi connectivity index (χ2v) is 2.91. The predicted octanol–water partition coefficient (Wildman–Crippen LogP) is 2.63. The summed E-state index contributed by atoms with van der Waals surface area (Å²) in [6, 6.07) is 0. The largest absolute Gasteiger partial charge is 0.305 e. The average Bonchev–Trinajstić information content (AvgIpc) is 2.45. The number of rotatable bonds is 3. The summed E-state index contributed by atoms with van der Waals surface area (Å²) in [4.78, 5) is 4.26. The Labute approximate surface area is 73.9 Å². The fourth-order valence-corrected chi connectivity index (χ4v) is 1.33. The SMILES string of the molecule is C=C(CC)n1c(CC)cnc1C. The number of nitrogens with zero attached hydrogens (tertiary/aromatic N) is 2. The summed E-state index contributed by atoms with van der Waals surface area (Å²) >= 11 is 0. The summed E-state index contributed by atoms with van der Waals surface area (Å²) in [7, 11) is 0. The van der Waals surface area contributed by atoms with Gasteiger partial charge in [0.25, 0.3) is 0 Å². The highest BCUT2D eigenvalue weighted by Crippen LogP contribution is 2.14. The maximum Gasteiger partial charge on any atom is 0.110 e. The Bertz CT molecular complexity index is 284. The van der Waals surface area contributed by atoms with Gasteiger partial charge in [-0.15, -0.1) is 0 Å². The highest BCUT2D eigenvalue weighted by Gasteiger charge is 2.05. The van der Waals surface area contributed by atoms with E-state index in [0.717, 1.165) is 24.4 Å². The van der Waals surface area contributed by atoms with Crippen LogP contribution in [0, 0.1) is 6.92 Å². The van der Waals surface area contributed by atoms with Crippen molar-refractivity contribution in [1.29, 1.82) is 0 Å². The zero-order chi connectivity index (χ0) is 9.14. The number of aromatic nitrogens is 2. The third kappa shape index (κ3) is 1.42. The molecule has 0 saturated heterocycles. The Morgan fingerprint density at radius 1 is 1.58 bits per heavy atom. The van der Waals surface area contributed by atoms with Crippen LogP contribution in [0.15, 0.2) is 12.8 Å². The lowest BCUT2D eigenvalue weighted by atomic mass is 10.3. The molecule has 0 saturated carbocycles. The molecule has 1 aromatic heterocycles. The van der Waals surface area contributed by atoms with E-state index in [4.69, 9.17) is 0 Å². The van der Waals surface area contributed by atoms with E-state index in [-0.39, 0.29) is 0 Å². The molecule has 0 N–H and O–H groups in total. The van der Waals surface area contributed by atoms with E-state index >= 15 is 0 Å². The molecule has 1 aromatic rings. The molecule has 0 aliphatic rings. The number of hydrogen-bond acceptors (Lipinski definition) is 1. The minimum absolute atomic E-state index is 0.976. The molecule has 0 amide bonds. The number of allylic oxidation sites excluding steroid dienone is 1. The van der Waals surface area contributed by atoms with E-state index in [1.807, 2.05) is 13.1 Å². The molecule has 66 valence electrons. The lowest BCUT2D eigenvalue weighted by Gasteiger charge is -2.09. The van der Waals surface area contributed by atoms with Gasteiger partial charge in [0.05, 0.1) is 0 Å². The van der Waals surface area contributed by atoms with Crippen molar-refractivity contribution in [2.75, 3.05) is 0 Å². The molecule has 0 radical (unpaired) electrons. The van der Waals surface area contributed by atoms with E-state index in [0.29, 0.717) is 0 Å². The van der Waals surface area contributed by atoms with Crippen LogP contribution in [0.3, 0.4) is 0 Å². The lowest BCUT2D eigenvalue weighted by molar-refractivity contribution is 0.883. The Morgan fingerprint density at radius 2 is 2.25 bits per heavy atom. The van der Waals surface area contributed by atoms with Crippen LogP contribution >= 0.6 is 0 Å². The van der Waals surface area contributed by atoms with Gasteiger partial charge in [-0.25, -0.2) is 4.98 Å². The number of aryl methyl sites for hydroxylation is 2. The van der Waals surface area contributed by atoms with Gasteiger partial charge in [0.2, 0.25) is 0 Å². The molecule has 0 aliphatic heterocycles. The first-order chi connectivity index (χ1) is 5.70. The van der Waals surface area contributed by atoms with E-state index in [1.165, 1.54) is 5.69 Å². The first kappa shape index (κ1) is 9.04. The molecule has 2 heteroatoms. The predicted molar refractivity (Wildman–Crippen MR) is 52.0 cm³/mol. The van der Waals surface area contributed by atoms with E-state index in [1.54, 1.807) is 0 Å². The zero-order valence-corrected chi connectivity index (χ0v) is 8.09. The Balaban J connectivity index is 3.10. The van der Waals surface area contributed by atoms with Gasteiger partial charge >= 0.3 is 0 Å². The smallest absolute Gasteiger partial charge is 0.110 e. The average molecular weight is 164 g/mol. The van der Waals surface area contributed by atoms with Crippen LogP contribution in [-0.2, 0) is 6.42 Å². The number of hydrogen-bond donors (Lipinski definition) is 0. The van der Waals surface area contributed by atoms with Gasteiger partial charge in [-0.3, -0.25) is 0 Å². The quantitative estimate of drug-likeness (QED) is 0.671. The van der Waals surface area contributed by atoms with Crippen molar-refractivity contribution in [3.63, 3.8) is 0 Å². The van der Waals surface area contributed by atoms with Gasteiger partial charge in [-0.1, -0.05) is 20.4 Å². The molecule has 2 nitrogen and oxygen atoms in total. The van der Waals surface area contributed by atoms with Crippen LogP contribution in [-0.4, -0.2) is 9.55 Å². The third-order valence-corrected chi connectivity index (χ3v) is 2.10. The fourth-order valence-electron chi connectivity index (χ4n) is 1.33. The van der Waals surface area contributed by atoms with E-state index in [9.17, 15) is 0 Å². The van der Waals surface area contributed by atoms with Crippen LogP contribution in [0.2, 0.25) is 0 Å².